The lowest BCUT2D eigenvalue weighted by molar-refractivity contribution is 0.0298. The zero-order valence-corrected chi connectivity index (χ0v) is 16.0. The number of carbonyl (C=O) groups is 1. The number of imidazole rings is 1. The summed E-state index contributed by atoms with van der Waals surface area (Å²) in [6, 6.07) is 10.1. The molecule has 0 radical (unpaired) electrons. The molecule has 4 heterocycles. The van der Waals surface area contributed by atoms with Crippen LogP contribution in [-0.4, -0.2) is 51.5 Å². The standard InChI is InChI=1S/C21H25N5O2/c1-2-17(16-6-8-22-9-7-16)23-15-18-20(21(27)25-11-13-28-14-12-25)24-19-5-3-4-10-26(18)19/h3-10,17,23H,2,11-15H2,1H3/t17-/m0/s1. The lowest BCUT2D eigenvalue weighted by atomic mass is 10.1. The molecule has 1 amide bonds. The van der Waals surface area contributed by atoms with Gasteiger partial charge in [-0.3, -0.25) is 9.78 Å². The van der Waals surface area contributed by atoms with E-state index in [2.05, 4.69) is 22.2 Å². The maximum absolute atomic E-state index is 13.1. The van der Waals surface area contributed by atoms with Gasteiger partial charge in [0.25, 0.3) is 5.91 Å². The zero-order chi connectivity index (χ0) is 19.3. The Morgan fingerprint density at radius 3 is 2.75 bits per heavy atom. The highest BCUT2D eigenvalue weighted by atomic mass is 16.5. The van der Waals surface area contributed by atoms with E-state index in [0.29, 0.717) is 38.5 Å². The molecule has 7 heteroatoms. The Morgan fingerprint density at radius 1 is 1.21 bits per heavy atom. The highest BCUT2D eigenvalue weighted by Gasteiger charge is 2.25. The van der Waals surface area contributed by atoms with E-state index in [-0.39, 0.29) is 11.9 Å². The molecule has 1 atom stereocenters. The summed E-state index contributed by atoms with van der Waals surface area (Å²) >= 11 is 0. The zero-order valence-electron chi connectivity index (χ0n) is 16.0. The van der Waals surface area contributed by atoms with Crippen molar-refractivity contribution < 1.29 is 9.53 Å². The fraction of sp³-hybridized carbons (Fsp3) is 0.381. The third kappa shape index (κ3) is 3.76. The number of hydrogen-bond acceptors (Lipinski definition) is 5. The minimum absolute atomic E-state index is 0.0271. The highest BCUT2D eigenvalue weighted by molar-refractivity contribution is 5.94. The van der Waals surface area contributed by atoms with Crippen LogP contribution >= 0.6 is 0 Å². The van der Waals surface area contributed by atoms with E-state index < -0.39 is 0 Å². The molecule has 3 aromatic heterocycles. The normalized spacial score (nSPS) is 15.7. The minimum atomic E-state index is -0.0271. The number of morpholine rings is 1. The average molecular weight is 379 g/mol. The van der Waals surface area contributed by atoms with Crippen LogP contribution in [-0.2, 0) is 11.3 Å². The number of fused-ring (bicyclic) bond motifs is 1. The first-order chi connectivity index (χ1) is 13.8. The molecule has 1 N–H and O–H groups in total. The van der Waals surface area contributed by atoms with Gasteiger partial charge in [0.15, 0.2) is 5.69 Å². The monoisotopic (exact) mass is 379 g/mol. The summed E-state index contributed by atoms with van der Waals surface area (Å²) in [5.74, 6) is -0.0271. The average Bonchev–Trinajstić information content (AvgIpc) is 3.14. The summed E-state index contributed by atoms with van der Waals surface area (Å²) in [5.41, 5.74) is 3.38. The lowest BCUT2D eigenvalue weighted by Crippen LogP contribution is -2.41. The van der Waals surface area contributed by atoms with E-state index >= 15 is 0 Å². The van der Waals surface area contributed by atoms with E-state index in [1.807, 2.05) is 45.8 Å². The number of carbonyl (C=O) groups excluding carboxylic acids is 1. The Labute approximate surface area is 164 Å². The molecule has 0 bridgehead atoms. The molecule has 1 fully saturated rings. The Kier molecular flexibility index (Phi) is 5.64. The molecular weight excluding hydrogens is 354 g/mol. The van der Waals surface area contributed by atoms with Gasteiger partial charge in [-0.1, -0.05) is 13.0 Å². The first kappa shape index (κ1) is 18.6. The van der Waals surface area contributed by atoms with Crippen LogP contribution in [0.5, 0.6) is 0 Å². The molecule has 4 rings (SSSR count). The van der Waals surface area contributed by atoms with Crippen molar-refractivity contribution in [3.63, 3.8) is 0 Å². The molecule has 0 unspecified atom stereocenters. The van der Waals surface area contributed by atoms with Gasteiger partial charge in [-0.15, -0.1) is 0 Å². The van der Waals surface area contributed by atoms with Gasteiger partial charge in [0.1, 0.15) is 5.65 Å². The Balaban J connectivity index is 1.62. The fourth-order valence-corrected chi connectivity index (χ4v) is 3.62. The van der Waals surface area contributed by atoms with Crippen LogP contribution in [0, 0.1) is 0 Å². The topological polar surface area (TPSA) is 71.8 Å². The van der Waals surface area contributed by atoms with Crippen molar-refractivity contribution >= 4 is 11.6 Å². The molecule has 3 aromatic rings. The SMILES string of the molecule is CC[C@H](NCc1c(C(=O)N2CCOCC2)nc2ccccn12)c1ccncc1. The van der Waals surface area contributed by atoms with Gasteiger partial charge in [0.05, 0.1) is 18.9 Å². The van der Waals surface area contributed by atoms with Crippen molar-refractivity contribution in [2.75, 3.05) is 26.3 Å². The van der Waals surface area contributed by atoms with Gasteiger partial charge < -0.3 is 19.4 Å². The third-order valence-corrected chi connectivity index (χ3v) is 5.16. The maximum Gasteiger partial charge on any atom is 0.274 e. The van der Waals surface area contributed by atoms with Crippen LogP contribution in [0.15, 0.2) is 48.9 Å². The van der Waals surface area contributed by atoms with Crippen LogP contribution in [0.3, 0.4) is 0 Å². The predicted molar refractivity (Wildman–Crippen MR) is 106 cm³/mol. The Bertz CT molecular complexity index is 934. The number of nitrogens with zero attached hydrogens (tertiary/aromatic N) is 4. The molecule has 0 saturated carbocycles. The smallest absolute Gasteiger partial charge is 0.274 e. The molecule has 7 nitrogen and oxygen atoms in total. The Hall–Kier alpha value is -2.77. The van der Waals surface area contributed by atoms with Crippen molar-refractivity contribution in [2.45, 2.75) is 25.9 Å². The van der Waals surface area contributed by atoms with Crippen LogP contribution in [0.25, 0.3) is 5.65 Å². The predicted octanol–water partition coefficient (Wildman–Crippen LogP) is 2.44. The molecule has 146 valence electrons. The lowest BCUT2D eigenvalue weighted by Gasteiger charge is -2.26. The molecule has 1 aliphatic heterocycles. The van der Waals surface area contributed by atoms with Crippen LogP contribution < -0.4 is 5.32 Å². The van der Waals surface area contributed by atoms with Crippen molar-refractivity contribution in [3.8, 4) is 0 Å². The molecule has 0 spiro atoms. The van der Waals surface area contributed by atoms with Crippen molar-refractivity contribution in [3.05, 3.63) is 65.9 Å². The highest BCUT2D eigenvalue weighted by Crippen LogP contribution is 2.20. The summed E-state index contributed by atoms with van der Waals surface area (Å²) in [7, 11) is 0. The minimum Gasteiger partial charge on any atom is -0.378 e. The van der Waals surface area contributed by atoms with E-state index in [1.54, 1.807) is 12.4 Å². The summed E-state index contributed by atoms with van der Waals surface area (Å²) in [6.45, 7) is 5.06. The number of aromatic nitrogens is 3. The molecule has 28 heavy (non-hydrogen) atoms. The second-order valence-corrected chi connectivity index (χ2v) is 6.86. The number of pyridine rings is 2. The van der Waals surface area contributed by atoms with Gasteiger partial charge >= 0.3 is 0 Å². The quantitative estimate of drug-likeness (QED) is 0.712. The summed E-state index contributed by atoms with van der Waals surface area (Å²) in [5, 5.41) is 3.59. The number of rotatable bonds is 6. The first-order valence-electron chi connectivity index (χ1n) is 9.74. The number of amides is 1. The maximum atomic E-state index is 13.1. The van der Waals surface area contributed by atoms with Gasteiger partial charge in [-0.05, 0) is 36.2 Å². The first-order valence-corrected chi connectivity index (χ1v) is 9.74. The number of hydrogen-bond donors (Lipinski definition) is 1. The molecule has 1 saturated heterocycles. The van der Waals surface area contributed by atoms with E-state index in [4.69, 9.17) is 4.74 Å². The Morgan fingerprint density at radius 2 is 2.00 bits per heavy atom. The molecule has 0 aliphatic carbocycles. The summed E-state index contributed by atoms with van der Waals surface area (Å²) in [4.78, 5) is 23.7. The van der Waals surface area contributed by atoms with Gasteiger partial charge in [0.2, 0.25) is 0 Å². The van der Waals surface area contributed by atoms with Gasteiger partial charge in [0, 0.05) is 44.3 Å². The summed E-state index contributed by atoms with van der Waals surface area (Å²) in [6.07, 6.45) is 6.51. The fourth-order valence-electron chi connectivity index (χ4n) is 3.62. The third-order valence-electron chi connectivity index (χ3n) is 5.16. The van der Waals surface area contributed by atoms with Crippen LogP contribution in [0.4, 0.5) is 0 Å². The van der Waals surface area contributed by atoms with E-state index in [0.717, 1.165) is 17.8 Å². The van der Waals surface area contributed by atoms with Gasteiger partial charge in [-0.2, -0.15) is 0 Å². The van der Waals surface area contributed by atoms with Crippen molar-refractivity contribution in [1.29, 1.82) is 0 Å². The van der Waals surface area contributed by atoms with Crippen LogP contribution in [0.2, 0.25) is 0 Å². The molecule has 1 aliphatic rings. The number of ether oxygens (including phenoxy) is 1. The second kappa shape index (κ2) is 8.50. The van der Waals surface area contributed by atoms with Crippen molar-refractivity contribution in [1.82, 2.24) is 24.6 Å². The molecule has 0 aromatic carbocycles. The van der Waals surface area contributed by atoms with E-state index in [9.17, 15) is 4.79 Å². The van der Waals surface area contributed by atoms with Crippen LogP contribution in [0.1, 0.15) is 41.1 Å². The second-order valence-electron chi connectivity index (χ2n) is 6.86. The van der Waals surface area contributed by atoms with E-state index in [1.165, 1.54) is 5.56 Å². The molecular formula is C21H25N5O2. The summed E-state index contributed by atoms with van der Waals surface area (Å²) < 4.78 is 7.38. The largest absolute Gasteiger partial charge is 0.378 e. The van der Waals surface area contributed by atoms with Gasteiger partial charge in [-0.25, -0.2) is 4.98 Å². The van der Waals surface area contributed by atoms with Crippen molar-refractivity contribution in [2.24, 2.45) is 0 Å². The number of nitrogens with one attached hydrogen (secondary N) is 1.